The van der Waals surface area contributed by atoms with E-state index in [0.29, 0.717) is 0 Å². The van der Waals surface area contributed by atoms with Crippen LogP contribution in [0.15, 0.2) is 35.2 Å². The summed E-state index contributed by atoms with van der Waals surface area (Å²) in [6.07, 6.45) is 4.62. The molecule has 0 amide bonds. The number of primary sulfonamides is 1. The molecule has 98 valence electrons. The second-order valence-electron chi connectivity index (χ2n) is 3.65. The number of nitrogens with two attached hydrogens (primary N) is 1. The quantitative estimate of drug-likeness (QED) is 0.840. The molecule has 0 atom stereocenters. The van der Waals surface area contributed by atoms with E-state index in [1.54, 1.807) is 19.1 Å². The van der Waals surface area contributed by atoms with Gasteiger partial charge in [-0.1, -0.05) is 36.0 Å². The lowest BCUT2D eigenvalue weighted by atomic mass is 10.2. The zero-order valence-electron chi connectivity index (χ0n) is 10.00. The van der Waals surface area contributed by atoms with Crippen molar-refractivity contribution >= 4 is 33.0 Å². The highest BCUT2D eigenvalue weighted by Crippen LogP contribution is 2.11. The molecule has 0 aliphatic heterocycles. The third-order valence-corrected chi connectivity index (χ3v) is 3.88. The molecule has 18 heavy (non-hydrogen) atoms. The summed E-state index contributed by atoms with van der Waals surface area (Å²) in [6.45, 7) is 1.54. The summed E-state index contributed by atoms with van der Waals surface area (Å²) in [4.78, 5) is 10.8. The van der Waals surface area contributed by atoms with Crippen LogP contribution in [0, 0.1) is 0 Å². The summed E-state index contributed by atoms with van der Waals surface area (Å²) < 4.78 is 22.1. The second-order valence-corrected chi connectivity index (χ2v) is 6.48. The fourth-order valence-corrected chi connectivity index (χ4v) is 2.32. The Labute approximate surface area is 111 Å². The first-order valence-electron chi connectivity index (χ1n) is 5.32. The number of hydrogen-bond acceptors (Lipinski definition) is 4. The molecule has 0 aromatic heterocycles. The monoisotopic (exact) mass is 285 g/mol. The van der Waals surface area contributed by atoms with Crippen molar-refractivity contribution in [2.75, 3.05) is 5.75 Å². The summed E-state index contributed by atoms with van der Waals surface area (Å²) in [7, 11) is -3.62. The van der Waals surface area contributed by atoms with Crippen molar-refractivity contribution in [2.45, 2.75) is 18.2 Å². The number of allylic oxidation sites excluding steroid dienone is 1. The zero-order chi connectivity index (χ0) is 13.6. The molecular weight excluding hydrogens is 270 g/mol. The molecule has 0 fully saturated rings. The fraction of sp³-hybridized carbons (Fsp3) is 0.250. The van der Waals surface area contributed by atoms with Crippen molar-refractivity contribution in [3.63, 3.8) is 0 Å². The highest BCUT2D eigenvalue weighted by Gasteiger charge is 2.05. The minimum Gasteiger partial charge on any atom is -0.288 e. The van der Waals surface area contributed by atoms with Gasteiger partial charge in [0.2, 0.25) is 10.0 Å². The minimum atomic E-state index is -3.62. The largest absolute Gasteiger partial charge is 0.288 e. The molecule has 1 aromatic carbocycles. The van der Waals surface area contributed by atoms with Gasteiger partial charge in [-0.15, -0.1) is 0 Å². The lowest BCUT2D eigenvalue weighted by Gasteiger charge is -1.98. The van der Waals surface area contributed by atoms with Crippen LogP contribution in [-0.4, -0.2) is 19.3 Å². The predicted molar refractivity (Wildman–Crippen MR) is 74.6 cm³/mol. The molecule has 0 aliphatic carbocycles. The van der Waals surface area contributed by atoms with Gasteiger partial charge in [0, 0.05) is 12.7 Å². The Morgan fingerprint density at radius 1 is 1.33 bits per heavy atom. The van der Waals surface area contributed by atoms with Gasteiger partial charge in [-0.2, -0.15) is 0 Å². The maximum atomic E-state index is 11.0. The van der Waals surface area contributed by atoms with E-state index >= 15 is 0 Å². The van der Waals surface area contributed by atoms with Gasteiger partial charge in [0.05, 0.1) is 4.90 Å². The van der Waals surface area contributed by atoms with Gasteiger partial charge < -0.3 is 0 Å². The van der Waals surface area contributed by atoms with Gasteiger partial charge >= 0.3 is 0 Å². The Morgan fingerprint density at radius 3 is 2.44 bits per heavy atom. The van der Waals surface area contributed by atoms with Gasteiger partial charge in [-0.25, -0.2) is 13.6 Å². The van der Waals surface area contributed by atoms with Crippen LogP contribution in [0.4, 0.5) is 0 Å². The summed E-state index contributed by atoms with van der Waals surface area (Å²) in [5.41, 5.74) is 0.898. The number of sulfonamides is 1. The molecule has 1 rings (SSSR count). The molecule has 0 bridgehead atoms. The topological polar surface area (TPSA) is 77.2 Å². The van der Waals surface area contributed by atoms with Crippen LogP contribution in [0.25, 0.3) is 6.08 Å². The minimum absolute atomic E-state index is 0.104. The van der Waals surface area contributed by atoms with Crippen molar-refractivity contribution < 1.29 is 13.2 Å². The molecule has 4 nitrogen and oxygen atoms in total. The molecule has 0 saturated carbocycles. The van der Waals surface area contributed by atoms with E-state index in [1.807, 2.05) is 12.2 Å². The van der Waals surface area contributed by atoms with E-state index in [0.717, 1.165) is 17.7 Å². The molecule has 0 saturated heterocycles. The molecule has 0 radical (unpaired) electrons. The first-order chi connectivity index (χ1) is 8.39. The SMILES string of the molecule is CC(=O)SCCC=Cc1ccc(S(N)(=O)=O)cc1. The molecule has 6 heteroatoms. The smallest absolute Gasteiger partial charge is 0.238 e. The third-order valence-electron chi connectivity index (χ3n) is 2.11. The first-order valence-corrected chi connectivity index (χ1v) is 7.85. The maximum absolute atomic E-state index is 11.0. The molecule has 1 aromatic rings. The standard InChI is InChI=1S/C12H15NO3S2/c1-10(14)17-9-3-2-4-11-5-7-12(8-6-11)18(13,15)16/h2,4-8H,3,9H2,1H3,(H2,13,15,16). The first kappa shape index (κ1) is 14.9. The Bertz CT molecular complexity index is 533. The molecule has 0 heterocycles. The fourth-order valence-electron chi connectivity index (χ4n) is 1.26. The van der Waals surface area contributed by atoms with Gasteiger partial charge in [0.15, 0.2) is 5.12 Å². The van der Waals surface area contributed by atoms with E-state index in [4.69, 9.17) is 5.14 Å². The molecule has 0 aliphatic rings. The molecule has 2 N–H and O–H groups in total. The van der Waals surface area contributed by atoms with Crippen molar-refractivity contribution in [2.24, 2.45) is 5.14 Å². The van der Waals surface area contributed by atoms with Gasteiger partial charge in [-0.3, -0.25) is 4.79 Å². The Balaban J connectivity index is 2.54. The highest BCUT2D eigenvalue weighted by molar-refractivity contribution is 8.13. The van der Waals surface area contributed by atoms with Crippen molar-refractivity contribution in [1.82, 2.24) is 0 Å². The predicted octanol–water partition coefficient (Wildman–Crippen LogP) is 2.02. The summed E-state index contributed by atoms with van der Waals surface area (Å²) >= 11 is 1.29. The van der Waals surface area contributed by atoms with Crippen LogP contribution in [-0.2, 0) is 14.8 Å². The number of rotatable bonds is 5. The number of carbonyl (C=O) groups is 1. The van der Waals surface area contributed by atoms with Crippen LogP contribution in [0.3, 0.4) is 0 Å². The summed E-state index contributed by atoms with van der Waals surface area (Å²) in [5.74, 6) is 0.751. The molecule has 0 spiro atoms. The van der Waals surface area contributed by atoms with E-state index < -0.39 is 10.0 Å². The van der Waals surface area contributed by atoms with Crippen LogP contribution in [0.1, 0.15) is 18.9 Å². The number of carbonyl (C=O) groups excluding carboxylic acids is 1. The third kappa shape index (κ3) is 5.48. The lowest BCUT2D eigenvalue weighted by Crippen LogP contribution is -2.11. The summed E-state index contributed by atoms with van der Waals surface area (Å²) in [6, 6.07) is 6.32. The second kappa shape index (κ2) is 6.72. The maximum Gasteiger partial charge on any atom is 0.238 e. The van der Waals surface area contributed by atoms with Crippen molar-refractivity contribution in [3.05, 3.63) is 35.9 Å². The zero-order valence-corrected chi connectivity index (χ0v) is 11.6. The average Bonchev–Trinajstić information content (AvgIpc) is 2.27. The van der Waals surface area contributed by atoms with Gasteiger partial charge in [0.1, 0.15) is 0 Å². The van der Waals surface area contributed by atoms with E-state index in [1.165, 1.54) is 23.9 Å². The van der Waals surface area contributed by atoms with Crippen LogP contribution in [0.2, 0.25) is 0 Å². The van der Waals surface area contributed by atoms with Gasteiger partial charge in [0.25, 0.3) is 0 Å². The lowest BCUT2D eigenvalue weighted by molar-refractivity contribution is -0.109. The number of thioether (sulfide) groups is 1. The van der Waals surface area contributed by atoms with E-state index in [9.17, 15) is 13.2 Å². The average molecular weight is 285 g/mol. The van der Waals surface area contributed by atoms with E-state index in [-0.39, 0.29) is 10.0 Å². The molecule has 0 unspecified atom stereocenters. The Morgan fingerprint density at radius 2 is 1.94 bits per heavy atom. The summed E-state index contributed by atoms with van der Waals surface area (Å²) in [5, 5.41) is 5.11. The van der Waals surface area contributed by atoms with Crippen LogP contribution < -0.4 is 5.14 Å². The van der Waals surface area contributed by atoms with Crippen LogP contribution >= 0.6 is 11.8 Å². The molecular formula is C12H15NO3S2. The highest BCUT2D eigenvalue weighted by atomic mass is 32.2. The number of benzene rings is 1. The Kier molecular flexibility index (Phi) is 5.58. The number of hydrogen-bond donors (Lipinski definition) is 1. The van der Waals surface area contributed by atoms with E-state index in [2.05, 4.69) is 0 Å². The van der Waals surface area contributed by atoms with Crippen LogP contribution in [0.5, 0.6) is 0 Å². The van der Waals surface area contributed by atoms with Gasteiger partial charge in [-0.05, 0) is 24.1 Å². The van der Waals surface area contributed by atoms with Crippen molar-refractivity contribution in [1.29, 1.82) is 0 Å². The Hall–Kier alpha value is -1.11. The normalized spacial score (nSPS) is 11.9. The van der Waals surface area contributed by atoms with Crippen molar-refractivity contribution in [3.8, 4) is 0 Å².